The maximum atomic E-state index is 12.3. The quantitative estimate of drug-likeness (QED) is 0.801. The minimum Gasteiger partial charge on any atom is -0.378 e. The van der Waals surface area contributed by atoms with Gasteiger partial charge < -0.3 is 14.5 Å². The van der Waals surface area contributed by atoms with Gasteiger partial charge in [0.2, 0.25) is 0 Å². The van der Waals surface area contributed by atoms with Crippen LogP contribution in [0.5, 0.6) is 0 Å². The Morgan fingerprint density at radius 1 is 1.16 bits per heavy atom. The number of morpholine rings is 1. The summed E-state index contributed by atoms with van der Waals surface area (Å²) in [5.74, 6) is 0.0626. The molecule has 2 fully saturated rings. The van der Waals surface area contributed by atoms with Crippen LogP contribution >= 0.6 is 0 Å². The highest BCUT2D eigenvalue weighted by Gasteiger charge is 2.21. The van der Waals surface area contributed by atoms with Crippen molar-refractivity contribution in [1.29, 1.82) is 0 Å². The number of anilines is 1. The average molecular weight is 261 g/mol. The number of aromatic nitrogens is 1. The molecule has 0 bridgehead atoms. The molecule has 1 aromatic rings. The van der Waals surface area contributed by atoms with Crippen LogP contribution in [0.15, 0.2) is 18.3 Å². The highest BCUT2D eigenvalue weighted by Crippen LogP contribution is 2.18. The summed E-state index contributed by atoms with van der Waals surface area (Å²) >= 11 is 0. The molecule has 5 heteroatoms. The second kappa shape index (κ2) is 5.57. The van der Waals surface area contributed by atoms with E-state index >= 15 is 0 Å². The maximum Gasteiger partial charge on any atom is 0.272 e. The summed E-state index contributed by atoms with van der Waals surface area (Å²) in [6, 6.07) is 3.87. The van der Waals surface area contributed by atoms with Crippen molar-refractivity contribution >= 4 is 11.6 Å². The smallest absolute Gasteiger partial charge is 0.272 e. The van der Waals surface area contributed by atoms with Crippen LogP contribution in [0.3, 0.4) is 0 Å². The molecule has 0 N–H and O–H groups in total. The summed E-state index contributed by atoms with van der Waals surface area (Å²) in [4.78, 5) is 20.7. The van der Waals surface area contributed by atoms with E-state index in [2.05, 4.69) is 9.88 Å². The lowest BCUT2D eigenvalue weighted by molar-refractivity contribution is 0.0787. The zero-order valence-corrected chi connectivity index (χ0v) is 11.0. The molecule has 102 valence electrons. The van der Waals surface area contributed by atoms with Crippen LogP contribution in [0.25, 0.3) is 0 Å². The molecule has 3 heterocycles. The van der Waals surface area contributed by atoms with Crippen molar-refractivity contribution in [3.05, 3.63) is 24.0 Å². The number of hydrogen-bond donors (Lipinski definition) is 0. The third kappa shape index (κ3) is 2.71. The summed E-state index contributed by atoms with van der Waals surface area (Å²) in [7, 11) is 0. The van der Waals surface area contributed by atoms with Crippen LogP contribution in [0.2, 0.25) is 0 Å². The summed E-state index contributed by atoms with van der Waals surface area (Å²) < 4.78 is 5.35. The molecular weight excluding hydrogens is 242 g/mol. The van der Waals surface area contributed by atoms with E-state index in [0.717, 1.165) is 57.9 Å². The number of carbonyl (C=O) groups excluding carboxylic acids is 1. The van der Waals surface area contributed by atoms with Gasteiger partial charge in [-0.1, -0.05) is 0 Å². The van der Waals surface area contributed by atoms with Gasteiger partial charge in [0.1, 0.15) is 5.69 Å². The van der Waals surface area contributed by atoms with Gasteiger partial charge in [-0.15, -0.1) is 0 Å². The van der Waals surface area contributed by atoms with Crippen molar-refractivity contribution in [2.45, 2.75) is 12.8 Å². The number of amides is 1. The van der Waals surface area contributed by atoms with Gasteiger partial charge in [-0.25, -0.2) is 0 Å². The number of hydrogen-bond acceptors (Lipinski definition) is 4. The number of rotatable bonds is 2. The highest BCUT2D eigenvalue weighted by atomic mass is 16.5. The zero-order valence-electron chi connectivity index (χ0n) is 11.0. The molecular formula is C14H19N3O2. The van der Waals surface area contributed by atoms with Crippen LogP contribution in [-0.2, 0) is 4.74 Å². The van der Waals surface area contributed by atoms with Gasteiger partial charge in [0.15, 0.2) is 0 Å². The predicted molar refractivity (Wildman–Crippen MR) is 72.4 cm³/mol. The first-order chi connectivity index (χ1) is 9.34. The Bertz CT molecular complexity index is 452. The van der Waals surface area contributed by atoms with Crippen molar-refractivity contribution in [1.82, 2.24) is 9.88 Å². The summed E-state index contributed by atoms with van der Waals surface area (Å²) in [6.07, 6.45) is 3.94. The Kier molecular flexibility index (Phi) is 3.64. The second-order valence-electron chi connectivity index (χ2n) is 5.00. The Balaban J connectivity index is 1.76. The third-order valence-corrected chi connectivity index (χ3v) is 3.73. The standard InChI is InChI=1S/C14H19N3O2/c18-14(17-5-1-2-6-17)13-11-12(3-4-15-13)16-7-9-19-10-8-16/h3-4,11H,1-2,5-10H2. The molecule has 19 heavy (non-hydrogen) atoms. The molecule has 0 aromatic carbocycles. The predicted octanol–water partition coefficient (Wildman–Crippen LogP) is 1.15. The Labute approximate surface area is 113 Å². The number of pyridine rings is 1. The number of ether oxygens (including phenoxy) is 1. The van der Waals surface area contributed by atoms with Crippen molar-refractivity contribution in [2.24, 2.45) is 0 Å². The lowest BCUT2D eigenvalue weighted by Crippen LogP contribution is -2.36. The summed E-state index contributed by atoms with van der Waals surface area (Å²) in [5, 5.41) is 0. The number of nitrogens with zero attached hydrogens (tertiary/aromatic N) is 3. The monoisotopic (exact) mass is 261 g/mol. The lowest BCUT2D eigenvalue weighted by atomic mass is 10.2. The molecule has 0 aliphatic carbocycles. The molecule has 2 aliphatic heterocycles. The van der Waals surface area contributed by atoms with Gasteiger partial charge in [0, 0.05) is 38.1 Å². The van der Waals surface area contributed by atoms with E-state index < -0.39 is 0 Å². The molecule has 1 aromatic heterocycles. The molecule has 2 saturated heterocycles. The van der Waals surface area contributed by atoms with Gasteiger partial charge in [-0.05, 0) is 25.0 Å². The molecule has 0 unspecified atom stereocenters. The van der Waals surface area contributed by atoms with E-state index in [9.17, 15) is 4.79 Å². The van der Waals surface area contributed by atoms with Gasteiger partial charge in [-0.3, -0.25) is 9.78 Å². The number of likely N-dealkylation sites (tertiary alicyclic amines) is 1. The minimum atomic E-state index is 0.0626. The minimum absolute atomic E-state index is 0.0626. The molecule has 0 radical (unpaired) electrons. The maximum absolute atomic E-state index is 12.3. The normalized spacial score (nSPS) is 19.8. The van der Waals surface area contributed by atoms with E-state index in [1.165, 1.54) is 0 Å². The molecule has 0 saturated carbocycles. The summed E-state index contributed by atoms with van der Waals surface area (Å²) in [5.41, 5.74) is 1.63. The Morgan fingerprint density at radius 2 is 1.89 bits per heavy atom. The van der Waals surface area contributed by atoms with Crippen molar-refractivity contribution in [3.63, 3.8) is 0 Å². The fourth-order valence-electron chi connectivity index (χ4n) is 2.64. The Hall–Kier alpha value is -1.62. The van der Waals surface area contributed by atoms with E-state index in [0.29, 0.717) is 5.69 Å². The van der Waals surface area contributed by atoms with Crippen LogP contribution in [0.1, 0.15) is 23.3 Å². The van der Waals surface area contributed by atoms with Gasteiger partial charge in [0.25, 0.3) is 5.91 Å². The van der Waals surface area contributed by atoms with E-state index in [4.69, 9.17) is 4.74 Å². The Morgan fingerprint density at radius 3 is 2.63 bits per heavy atom. The highest BCUT2D eigenvalue weighted by molar-refractivity contribution is 5.93. The first kappa shape index (κ1) is 12.4. The first-order valence-electron chi connectivity index (χ1n) is 6.92. The van der Waals surface area contributed by atoms with E-state index in [-0.39, 0.29) is 5.91 Å². The third-order valence-electron chi connectivity index (χ3n) is 3.73. The van der Waals surface area contributed by atoms with E-state index in [1.807, 2.05) is 17.0 Å². The summed E-state index contributed by atoms with van der Waals surface area (Å²) in [6.45, 7) is 4.97. The molecule has 3 rings (SSSR count). The topological polar surface area (TPSA) is 45.7 Å². The average Bonchev–Trinajstić information content (AvgIpc) is 3.02. The SMILES string of the molecule is O=C(c1cc(N2CCOCC2)ccn1)N1CCCC1. The van der Waals surface area contributed by atoms with Gasteiger partial charge in [-0.2, -0.15) is 0 Å². The van der Waals surface area contributed by atoms with E-state index in [1.54, 1.807) is 6.20 Å². The zero-order chi connectivity index (χ0) is 13.1. The molecule has 2 aliphatic rings. The van der Waals surface area contributed by atoms with Crippen LogP contribution < -0.4 is 4.90 Å². The van der Waals surface area contributed by atoms with Crippen LogP contribution in [0.4, 0.5) is 5.69 Å². The van der Waals surface area contributed by atoms with Crippen LogP contribution in [0, 0.1) is 0 Å². The number of carbonyl (C=O) groups is 1. The van der Waals surface area contributed by atoms with Gasteiger partial charge >= 0.3 is 0 Å². The molecule has 0 spiro atoms. The molecule has 5 nitrogen and oxygen atoms in total. The first-order valence-corrected chi connectivity index (χ1v) is 6.92. The van der Waals surface area contributed by atoms with Crippen molar-refractivity contribution in [2.75, 3.05) is 44.3 Å². The van der Waals surface area contributed by atoms with Gasteiger partial charge in [0.05, 0.1) is 13.2 Å². The van der Waals surface area contributed by atoms with Crippen molar-refractivity contribution < 1.29 is 9.53 Å². The fourth-order valence-corrected chi connectivity index (χ4v) is 2.64. The molecule has 0 atom stereocenters. The van der Waals surface area contributed by atoms with Crippen LogP contribution in [-0.4, -0.2) is 55.2 Å². The van der Waals surface area contributed by atoms with Crippen molar-refractivity contribution in [3.8, 4) is 0 Å². The largest absolute Gasteiger partial charge is 0.378 e. The fraction of sp³-hybridized carbons (Fsp3) is 0.571. The second-order valence-corrected chi connectivity index (χ2v) is 5.00. The lowest BCUT2D eigenvalue weighted by Gasteiger charge is -2.29. The molecule has 1 amide bonds.